The van der Waals surface area contributed by atoms with Gasteiger partial charge in [0.1, 0.15) is 0 Å². The van der Waals surface area contributed by atoms with E-state index in [0.29, 0.717) is 6.61 Å². The molecule has 0 heterocycles. The van der Waals surface area contributed by atoms with Gasteiger partial charge in [-0.2, -0.15) is 0 Å². The molecule has 2 unspecified atom stereocenters. The first-order valence-corrected chi connectivity index (χ1v) is 12.4. The second-order valence-corrected chi connectivity index (χ2v) is 8.79. The van der Waals surface area contributed by atoms with Gasteiger partial charge in [0.25, 0.3) is 0 Å². The van der Waals surface area contributed by atoms with Crippen LogP contribution in [-0.2, 0) is 11.2 Å². The third-order valence-corrected chi connectivity index (χ3v) is 5.65. The second kappa shape index (κ2) is 14.8. The Bertz CT molecular complexity index is 1110. The van der Waals surface area contributed by atoms with Gasteiger partial charge in [0.05, 0.1) is 25.4 Å². The lowest BCUT2D eigenvalue weighted by molar-refractivity contribution is -0.0177. The van der Waals surface area contributed by atoms with Crippen LogP contribution in [0.4, 0.5) is 0 Å². The molecule has 2 N–H and O–H groups in total. The van der Waals surface area contributed by atoms with Crippen molar-refractivity contribution in [1.29, 1.82) is 0 Å². The standard InChI is InChI=1S/C27H22.C6H14O3/c1-5-13-22(14-6-1)21-26(23-15-7-2-8-16-23)27(24-17-9-3-10-18-24)25-19-11-4-12-20-25;1-5(8)4-9-6(2)3-7/h1-20H,21H2;5-8H,3-4H2,1-2H3. The summed E-state index contributed by atoms with van der Waals surface area (Å²) >= 11 is 0. The van der Waals surface area contributed by atoms with Gasteiger partial charge < -0.3 is 14.9 Å². The van der Waals surface area contributed by atoms with Gasteiger partial charge in [0.2, 0.25) is 0 Å². The second-order valence-electron chi connectivity index (χ2n) is 8.79. The van der Waals surface area contributed by atoms with E-state index in [9.17, 15) is 0 Å². The van der Waals surface area contributed by atoms with Gasteiger partial charge in [-0.3, -0.25) is 0 Å². The summed E-state index contributed by atoms with van der Waals surface area (Å²) in [6.45, 7) is 3.70. The highest BCUT2D eigenvalue weighted by atomic mass is 16.5. The predicted molar refractivity (Wildman–Crippen MR) is 150 cm³/mol. The molecule has 4 aromatic carbocycles. The van der Waals surface area contributed by atoms with Crippen molar-refractivity contribution in [3.63, 3.8) is 0 Å². The van der Waals surface area contributed by atoms with Crippen molar-refractivity contribution in [3.8, 4) is 0 Å². The highest BCUT2D eigenvalue weighted by Crippen LogP contribution is 2.34. The Hall–Kier alpha value is -3.50. The van der Waals surface area contributed by atoms with E-state index in [4.69, 9.17) is 14.9 Å². The fraction of sp³-hybridized carbons (Fsp3) is 0.212. The molecule has 2 atom stereocenters. The van der Waals surface area contributed by atoms with Crippen LogP contribution in [0.1, 0.15) is 36.1 Å². The fourth-order valence-electron chi connectivity index (χ4n) is 3.86. The Morgan fingerprint density at radius 2 is 1.06 bits per heavy atom. The normalized spacial score (nSPS) is 12.1. The van der Waals surface area contributed by atoms with Crippen LogP contribution in [0.5, 0.6) is 0 Å². The monoisotopic (exact) mass is 480 g/mol. The van der Waals surface area contributed by atoms with Crippen LogP contribution in [0.2, 0.25) is 0 Å². The Kier molecular flexibility index (Phi) is 11.1. The summed E-state index contributed by atoms with van der Waals surface area (Å²) in [5, 5.41) is 17.1. The molecule has 4 rings (SSSR count). The number of benzene rings is 4. The summed E-state index contributed by atoms with van der Waals surface area (Å²) in [6.07, 6.45) is 0.280. The Balaban J connectivity index is 0.000000345. The first-order valence-electron chi connectivity index (χ1n) is 12.4. The van der Waals surface area contributed by atoms with Crippen molar-refractivity contribution in [3.05, 3.63) is 144 Å². The average molecular weight is 481 g/mol. The quantitative estimate of drug-likeness (QED) is 0.264. The number of aliphatic hydroxyl groups excluding tert-OH is 2. The van der Waals surface area contributed by atoms with Crippen molar-refractivity contribution < 1.29 is 14.9 Å². The minimum Gasteiger partial charge on any atom is -0.394 e. The van der Waals surface area contributed by atoms with Crippen molar-refractivity contribution in [2.24, 2.45) is 0 Å². The summed E-state index contributed by atoms with van der Waals surface area (Å²) in [7, 11) is 0. The molecule has 0 spiro atoms. The van der Waals surface area contributed by atoms with E-state index in [0.717, 1.165) is 6.42 Å². The largest absolute Gasteiger partial charge is 0.394 e. The van der Waals surface area contributed by atoms with E-state index in [1.54, 1.807) is 13.8 Å². The van der Waals surface area contributed by atoms with Gasteiger partial charge in [-0.15, -0.1) is 0 Å². The summed E-state index contributed by atoms with van der Waals surface area (Å²) in [4.78, 5) is 0. The third-order valence-electron chi connectivity index (χ3n) is 5.65. The number of rotatable bonds is 9. The molecule has 0 aliphatic heterocycles. The van der Waals surface area contributed by atoms with Crippen molar-refractivity contribution in [2.75, 3.05) is 13.2 Å². The van der Waals surface area contributed by atoms with Crippen LogP contribution in [-0.4, -0.2) is 35.6 Å². The number of hydrogen-bond acceptors (Lipinski definition) is 3. The molecule has 3 nitrogen and oxygen atoms in total. The summed E-state index contributed by atoms with van der Waals surface area (Å²) in [5.41, 5.74) is 7.73. The molecular formula is C33H36O3. The van der Waals surface area contributed by atoms with Gasteiger partial charge in [-0.1, -0.05) is 121 Å². The lowest BCUT2D eigenvalue weighted by atomic mass is 9.86. The van der Waals surface area contributed by atoms with Crippen molar-refractivity contribution in [1.82, 2.24) is 0 Å². The topological polar surface area (TPSA) is 49.7 Å². The maximum atomic E-state index is 8.69. The number of ether oxygens (including phenoxy) is 1. The summed E-state index contributed by atoms with van der Waals surface area (Å²) in [6, 6.07) is 42.9. The molecule has 0 aliphatic carbocycles. The zero-order chi connectivity index (χ0) is 25.6. The molecule has 0 saturated heterocycles. The molecule has 0 saturated carbocycles. The van der Waals surface area contributed by atoms with Crippen LogP contribution in [0.25, 0.3) is 11.1 Å². The number of aliphatic hydroxyl groups is 2. The lowest BCUT2D eigenvalue weighted by Crippen LogP contribution is -2.19. The van der Waals surface area contributed by atoms with E-state index in [-0.39, 0.29) is 12.7 Å². The minimum absolute atomic E-state index is 0.00667. The Labute approximate surface area is 215 Å². The highest BCUT2D eigenvalue weighted by Gasteiger charge is 2.14. The maximum absolute atomic E-state index is 8.69. The molecular weight excluding hydrogens is 444 g/mol. The average Bonchev–Trinajstić information content (AvgIpc) is 2.94. The Morgan fingerprint density at radius 3 is 1.47 bits per heavy atom. The van der Waals surface area contributed by atoms with Gasteiger partial charge in [-0.25, -0.2) is 0 Å². The van der Waals surface area contributed by atoms with E-state index in [1.807, 2.05) is 0 Å². The third kappa shape index (κ3) is 8.62. The van der Waals surface area contributed by atoms with E-state index < -0.39 is 6.10 Å². The van der Waals surface area contributed by atoms with Crippen LogP contribution in [0, 0.1) is 0 Å². The molecule has 0 amide bonds. The number of hydrogen-bond donors (Lipinski definition) is 2. The zero-order valence-electron chi connectivity index (χ0n) is 21.1. The summed E-state index contributed by atoms with van der Waals surface area (Å²) in [5.74, 6) is 0. The lowest BCUT2D eigenvalue weighted by Gasteiger charge is -2.18. The van der Waals surface area contributed by atoms with Gasteiger partial charge in [0.15, 0.2) is 0 Å². The first-order chi connectivity index (χ1) is 17.6. The Morgan fingerprint density at radius 1 is 0.639 bits per heavy atom. The molecule has 3 heteroatoms. The molecule has 0 radical (unpaired) electrons. The van der Waals surface area contributed by atoms with E-state index in [2.05, 4.69) is 121 Å². The smallest absolute Gasteiger partial charge is 0.0779 e. The minimum atomic E-state index is -0.445. The number of allylic oxidation sites excluding steroid dienone is 1. The summed E-state index contributed by atoms with van der Waals surface area (Å²) < 4.78 is 4.95. The van der Waals surface area contributed by atoms with Crippen LogP contribution in [0.3, 0.4) is 0 Å². The molecule has 186 valence electrons. The predicted octanol–water partition coefficient (Wildman–Crippen LogP) is 6.65. The highest BCUT2D eigenvalue weighted by molar-refractivity contribution is 5.99. The van der Waals surface area contributed by atoms with Gasteiger partial charge >= 0.3 is 0 Å². The van der Waals surface area contributed by atoms with Crippen LogP contribution >= 0.6 is 0 Å². The molecule has 0 fully saturated rings. The van der Waals surface area contributed by atoms with Gasteiger partial charge in [-0.05, 0) is 53.7 Å². The van der Waals surface area contributed by atoms with Crippen molar-refractivity contribution >= 4 is 11.1 Å². The molecule has 36 heavy (non-hydrogen) atoms. The molecule has 0 aromatic heterocycles. The van der Waals surface area contributed by atoms with Crippen molar-refractivity contribution in [2.45, 2.75) is 32.5 Å². The molecule has 0 aliphatic rings. The fourth-order valence-corrected chi connectivity index (χ4v) is 3.86. The first kappa shape index (κ1) is 27.1. The molecule has 4 aromatic rings. The van der Waals surface area contributed by atoms with E-state index in [1.165, 1.54) is 33.4 Å². The SMILES string of the molecule is CC(O)COC(C)CO.c1ccc(CC(=C(c2ccccc2)c2ccccc2)c2ccccc2)cc1. The molecule has 0 bridgehead atoms. The van der Waals surface area contributed by atoms with E-state index >= 15 is 0 Å². The van der Waals surface area contributed by atoms with Crippen LogP contribution < -0.4 is 0 Å². The maximum Gasteiger partial charge on any atom is 0.0779 e. The zero-order valence-corrected chi connectivity index (χ0v) is 21.1. The van der Waals surface area contributed by atoms with Crippen LogP contribution in [0.15, 0.2) is 121 Å². The van der Waals surface area contributed by atoms with Gasteiger partial charge in [0, 0.05) is 0 Å².